The van der Waals surface area contributed by atoms with E-state index in [1.807, 2.05) is 12.1 Å². The number of ether oxygens (including phenoxy) is 1. The van der Waals surface area contributed by atoms with Gasteiger partial charge in [-0.3, -0.25) is 4.79 Å². The zero-order valence-electron chi connectivity index (χ0n) is 13.4. The normalized spacial score (nSPS) is 14.6. The van der Waals surface area contributed by atoms with E-state index in [9.17, 15) is 13.6 Å². The van der Waals surface area contributed by atoms with Crippen LogP contribution in [0, 0.1) is 11.6 Å². The quantitative estimate of drug-likeness (QED) is 0.909. The zero-order chi connectivity index (χ0) is 17.1. The van der Waals surface area contributed by atoms with Crippen molar-refractivity contribution >= 4 is 11.6 Å². The molecule has 1 amide bonds. The Labute approximate surface area is 139 Å². The van der Waals surface area contributed by atoms with Crippen LogP contribution in [0.4, 0.5) is 14.5 Å². The summed E-state index contributed by atoms with van der Waals surface area (Å²) in [7, 11) is 0. The zero-order valence-corrected chi connectivity index (χ0v) is 13.4. The number of benzene rings is 2. The highest BCUT2D eigenvalue weighted by Gasteiger charge is 2.21. The topological polar surface area (TPSA) is 38.3 Å². The Bertz CT molecular complexity index is 741. The smallest absolute Gasteiger partial charge is 0.265 e. The molecule has 1 N–H and O–H groups in total. The first kappa shape index (κ1) is 16.4. The Kier molecular flexibility index (Phi) is 4.79. The third kappa shape index (κ3) is 3.40. The van der Waals surface area contributed by atoms with Crippen molar-refractivity contribution in [3.8, 4) is 5.75 Å². The second-order valence-electron chi connectivity index (χ2n) is 5.95. The molecule has 5 heteroatoms. The number of carbonyl (C=O) groups excluding carboxylic acids is 1. The van der Waals surface area contributed by atoms with E-state index in [0.717, 1.165) is 43.4 Å². The summed E-state index contributed by atoms with van der Waals surface area (Å²) < 4.78 is 33.0. The van der Waals surface area contributed by atoms with Gasteiger partial charge in [0, 0.05) is 0 Å². The summed E-state index contributed by atoms with van der Waals surface area (Å²) in [6.07, 6.45) is 3.31. The van der Waals surface area contributed by atoms with Crippen molar-refractivity contribution in [1.82, 2.24) is 0 Å². The fourth-order valence-corrected chi connectivity index (χ4v) is 2.94. The Morgan fingerprint density at radius 2 is 1.75 bits per heavy atom. The number of aryl methyl sites for hydroxylation is 1. The van der Waals surface area contributed by atoms with E-state index in [1.54, 1.807) is 6.92 Å². The van der Waals surface area contributed by atoms with E-state index in [4.69, 9.17) is 4.74 Å². The van der Waals surface area contributed by atoms with Crippen LogP contribution < -0.4 is 10.1 Å². The fraction of sp³-hybridized carbons (Fsp3) is 0.316. The van der Waals surface area contributed by atoms with Gasteiger partial charge in [-0.1, -0.05) is 18.2 Å². The van der Waals surface area contributed by atoms with Crippen LogP contribution in [-0.2, 0) is 17.6 Å². The molecule has 2 aromatic rings. The number of fused-ring (bicyclic) bond motifs is 1. The molecular formula is C19H19F2NO2. The van der Waals surface area contributed by atoms with Gasteiger partial charge in [0.15, 0.2) is 6.10 Å². The van der Waals surface area contributed by atoms with E-state index in [-0.39, 0.29) is 0 Å². The molecule has 0 bridgehead atoms. The maximum absolute atomic E-state index is 13.6. The molecule has 0 fully saturated rings. The average molecular weight is 331 g/mol. The second-order valence-corrected chi connectivity index (χ2v) is 5.95. The molecule has 0 aromatic heterocycles. The largest absolute Gasteiger partial charge is 0.481 e. The number of amides is 1. The van der Waals surface area contributed by atoms with Crippen LogP contribution in [0.3, 0.4) is 0 Å². The van der Waals surface area contributed by atoms with Gasteiger partial charge in [0.1, 0.15) is 23.1 Å². The van der Waals surface area contributed by atoms with Crippen LogP contribution in [0.25, 0.3) is 0 Å². The minimum Gasteiger partial charge on any atom is -0.481 e. The second kappa shape index (κ2) is 6.99. The highest BCUT2D eigenvalue weighted by molar-refractivity contribution is 5.94. The lowest BCUT2D eigenvalue weighted by molar-refractivity contribution is -0.122. The summed E-state index contributed by atoms with van der Waals surface area (Å²) in [5.74, 6) is -1.54. The van der Waals surface area contributed by atoms with Gasteiger partial charge in [-0.2, -0.15) is 0 Å². The molecule has 0 saturated carbocycles. The summed E-state index contributed by atoms with van der Waals surface area (Å²) in [6.45, 7) is 1.57. The van der Waals surface area contributed by atoms with E-state index in [1.165, 1.54) is 11.6 Å². The molecule has 1 aliphatic rings. The number of para-hydroxylation sites is 1. The molecular weight excluding hydrogens is 312 g/mol. The summed E-state index contributed by atoms with van der Waals surface area (Å²) in [5.41, 5.74) is 1.92. The van der Waals surface area contributed by atoms with E-state index in [0.29, 0.717) is 5.75 Å². The van der Waals surface area contributed by atoms with Crippen LogP contribution in [0.2, 0.25) is 0 Å². The molecule has 24 heavy (non-hydrogen) atoms. The Morgan fingerprint density at radius 3 is 2.50 bits per heavy atom. The van der Waals surface area contributed by atoms with Gasteiger partial charge in [0.2, 0.25) is 0 Å². The number of halogens is 2. The van der Waals surface area contributed by atoms with Crippen molar-refractivity contribution in [3.05, 3.63) is 59.2 Å². The lowest BCUT2D eigenvalue weighted by atomic mass is 9.91. The molecule has 0 spiro atoms. The fourth-order valence-electron chi connectivity index (χ4n) is 2.94. The number of hydrogen-bond donors (Lipinski definition) is 1. The maximum atomic E-state index is 13.6. The Morgan fingerprint density at radius 1 is 1.08 bits per heavy atom. The molecule has 2 aromatic carbocycles. The standard InChI is InChI=1S/C19H19F2NO2/c1-12(19(23)22-18-15(20)9-5-10-16(18)21)24-17-11-4-7-13-6-2-3-8-14(13)17/h4-5,7,9-12H,2-3,6,8H2,1H3,(H,22,23). The summed E-state index contributed by atoms with van der Waals surface area (Å²) >= 11 is 0. The Balaban J connectivity index is 1.73. The Hall–Kier alpha value is -2.43. The minimum absolute atomic E-state index is 0.451. The third-order valence-electron chi connectivity index (χ3n) is 4.24. The lowest BCUT2D eigenvalue weighted by Gasteiger charge is -2.22. The first-order chi connectivity index (χ1) is 11.6. The van der Waals surface area contributed by atoms with Crippen LogP contribution in [0.1, 0.15) is 30.9 Å². The molecule has 1 atom stereocenters. The molecule has 3 nitrogen and oxygen atoms in total. The molecule has 3 rings (SSSR count). The molecule has 0 aliphatic heterocycles. The van der Waals surface area contributed by atoms with Crippen molar-refractivity contribution in [2.45, 2.75) is 38.7 Å². The van der Waals surface area contributed by atoms with Crippen LogP contribution in [0.5, 0.6) is 5.75 Å². The van der Waals surface area contributed by atoms with Crippen molar-refractivity contribution in [3.63, 3.8) is 0 Å². The molecule has 126 valence electrons. The van der Waals surface area contributed by atoms with E-state index < -0.39 is 29.3 Å². The van der Waals surface area contributed by atoms with Crippen LogP contribution >= 0.6 is 0 Å². The minimum atomic E-state index is -0.863. The van der Waals surface area contributed by atoms with Crippen molar-refractivity contribution in [2.24, 2.45) is 0 Å². The van der Waals surface area contributed by atoms with Gasteiger partial charge in [-0.25, -0.2) is 8.78 Å². The van der Waals surface area contributed by atoms with Gasteiger partial charge in [0.05, 0.1) is 0 Å². The highest BCUT2D eigenvalue weighted by Crippen LogP contribution is 2.30. The molecule has 0 radical (unpaired) electrons. The first-order valence-electron chi connectivity index (χ1n) is 8.08. The summed E-state index contributed by atoms with van der Waals surface area (Å²) in [4.78, 5) is 12.2. The maximum Gasteiger partial charge on any atom is 0.265 e. The number of nitrogens with one attached hydrogen (secondary N) is 1. The average Bonchev–Trinajstić information content (AvgIpc) is 2.58. The van der Waals surface area contributed by atoms with Crippen molar-refractivity contribution in [2.75, 3.05) is 5.32 Å². The molecule has 1 unspecified atom stereocenters. The van der Waals surface area contributed by atoms with Gasteiger partial charge in [0.25, 0.3) is 5.91 Å². The number of anilines is 1. The molecule has 0 heterocycles. The van der Waals surface area contributed by atoms with Gasteiger partial charge in [-0.15, -0.1) is 0 Å². The predicted molar refractivity (Wildman–Crippen MR) is 88.2 cm³/mol. The van der Waals surface area contributed by atoms with Gasteiger partial charge in [-0.05, 0) is 61.9 Å². The van der Waals surface area contributed by atoms with Crippen molar-refractivity contribution < 1.29 is 18.3 Å². The number of rotatable bonds is 4. The molecule has 0 saturated heterocycles. The lowest BCUT2D eigenvalue weighted by Crippen LogP contribution is -2.31. The van der Waals surface area contributed by atoms with Crippen LogP contribution in [0.15, 0.2) is 36.4 Å². The van der Waals surface area contributed by atoms with Crippen molar-refractivity contribution in [1.29, 1.82) is 0 Å². The van der Waals surface area contributed by atoms with E-state index >= 15 is 0 Å². The van der Waals surface area contributed by atoms with Gasteiger partial charge >= 0.3 is 0 Å². The first-order valence-corrected chi connectivity index (χ1v) is 8.08. The van der Waals surface area contributed by atoms with Crippen LogP contribution in [-0.4, -0.2) is 12.0 Å². The third-order valence-corrected chi connectivity index (χ3v) is 4.24. The highest BCUT2D eigenvalue weighted by atomic mass is 19.1. The number of hydrogen-bond acceptors (Lipinski definition) is 2. The SMILES string of the molecule is CC(Oc1cccc2c1CCCC2)C(=O)Nc1c(F)cccc1F. The summed E-state index contributed by atoms with van der Waals surface area (Å²) in [6, 6.07) is 9.24. The summed E-state index contributed by atoms with van der Waals surface area (Å²) in [5, 5.41) is 2.26. The number of carbonyl (C=O) groups is 1. The predicted octanol–water partition coefficient (Wildman–Crippen LogP) is 4.25. The van der Waals surface area contributed by atoms with E-state index in [2.05, 4.69) is 11.4 Å². The van der Waals surface area contributed by atoms with Gasteiger partial charge < -0.3 is 10.1 Å². The monoisotopic (exact) mass is 331 g/mol. The molecule has 1 aliphatic carbocycles.